The molecule has 0 saturated carbocycles. The fourth-order valence-corrected chi connectivity index (χ4v) is 5.16. The summed E-state index contributed by atoms with van der Waals surface area (Å²) in [4.78, 5) is 28.1. The number of rotatable bonds is 4. The third-order valence-corrected chi connectivity index (χ3v) is 6.73. The first-order valence-corrected chi connectivity index (χ1v) is 10.6. The number of benzene rings is 2. The molecule has 1 fully saturated rings. The second kappa shape index (κ2) is 7.86. The average molecular weight is 481 g/mol. The number of nitrogens with zero attached hydrogens (tertiary/aromatic N) is 2. The number of esters is 1. The van der Waals surface area contributed by atoms with E-state index in [0.29, 0.717) is 5.75 Å². The van der Waals surface area contributed by atoms with E-state index in [4.69, 9.17) is 9.47 Å². The molecule has 0 aliphatic carbocycles. The van der Waals surface area contributed by atoms with Crippen molar-refractivity contribution in [2.75, 3.05) is 19.1 Å². The molecule has 0 N–H and O–H groups in total. The number of halogens is 1. The lowest BCUT2D eigenvalue weighted by Crippen LogP contribution is -2.46. The lowest BCUT2D eigenvalue weighted by atomic mass is 9.68. The van der Waals surface area contributed by atoms with Gasteiger partial charge in [-0.3, -0.25) is 9.59 Å². The number of ether oxygens (including phenoxy) is 2. The van der Waals surface area contributed by atoms with Crippen LogP contribution in [-0.2, 0) is 14.3 Å². The van der Waals surface area contributed by atoms with Gasteiger partial charge in [0.1, 0.15) is 5.75 Å². The highest BCUT2D eigenvalue weighted by molar-refractivity contribution is 9.10. The first kappa shape index (κ1) is 21.1. The van der Waals surface area contributed by atoms with Crippen molar-refractivity contribution in [2.24, 2.45) is 5.41 Å². The van der Waals surface area contributed by atoms with Gasteiger partial charge in [0.05, 0.1) is 32.4 Å². The molecule has 2 aliphatic rings. The smallest absolute Gasteiger partial charge is 0.329 e. The van der Waals surface area contributed by atoms with Gasteiger partial charge in [0.2, 0.25) is 0 Å². The number of hydrogen-bond acceptors (Lipinski definition) is 6. The third kappa shape index (κ3) is 3.05. The van der Waals surface area contributed by atoms with Crippen LogP contribution in [0.1, 0.15) is 24.0 Å². The minimum absolute atomic E-state index is 0.129. The third-order valence-electron chi connectivity index (χ3n) is 6.20. The van der Waals surface area contributed by atoms with E-state index in [1.807, 2.05) is 59.5 Å². The van der Waals surface area contributed by atoms with E-state index in [2.05, 4.69) is 22.0 Å². The van der Waals surface area contributed by atoms with Crippen LogP contribution >= 0.6 is 15.9 Å². The molecular weight excluding hydrogens is 460 g/mol. The normalized spacial score (nSPS) is 25.9. The van der Waals surface area contributed by atoms with Gasteiger partial charge >= 0.3 is 5.97 Å². The quantitative estimate of drug-likeness (QED) is 0.612. The fourth-order valence-electron chi connectivity index (χ4n) is 4.90. The fraction of sp³-hybridized carbons (Fsp3) is 0.292. The molecule has 7 heteroatoms. The first-order valence-electron chi connectivity index (χ1n) is 9.79. The highest BCUT2D eigenvalue weighted by atomic mass is 79.9. The van der Waals surface area contributed by atoms with E-state index in [1.54, 1.807) is 7.11 Å². The Labute approximate surface area is 189 Å². The van der Waals surface area contributed by atoms with E-state index in [-0.39, 0.29) is 5.78 Å². The zero-order valence-electron chi connectivity index (χ0n) is 17.3. The largest absolute Gasteiger partial charge is 0.497 e. The van der Waals surface area contributed by atoms with Crippen molar-refractivity contribution < 1.29 is 19.1 Å². The predicted molar refractivity (Wildman–Crippen MR) is 120 cm³/mol. The Hall–Kier alpha value is -3.11. The van der Waals surface area contributed by atoms with Crippen LogP contribution in [0.2, 0.25) is 0 Å². The van der Waals surface area contributed by atoms with E-state index < -0.39 is 29.4 Å². The van der Waals surface area contributed by atoms with Crippen LogP contribution in [0.3, 0.4) is 0 Å². The molecule has 2 aromatic carbocycles. The van der Waals surface area contributed by atoms with Gasteiger partial charge in [-0.25, -0.2) is 0 Å². The van der Waals surface area contributed by atoms with E-state index >= 15 is 0 Å². The lowest BCUT2D eigenvalue weighted by Gasteiger charge is -2.36. The van der Waals surface area contributed by atoms with Crippen LogP contribution in [0.4, 0.5) is 5.69 Å². The summed E-state index contributed by atoms with van der Waals surface area (Å²) in [6, 6.07) is 13.8. The van der Waals surface area contributed by atoms with Crippen LogP contribution in [0.15, 0.2) is 53.0 Å². The zero-order valence-corrected chi connectivity index (χ0v) is 18.9. The second-order valence-electron chi connectivity index (χ2n) is 7.69. The van der Waals surface area contributed by atoms with Crippen LogP contribution in [0.5, 0.6) is 5.75 Å². The number of ketones is 1. The van der Waals surface area contributed by atoms with Crippen LogP contribution in [0, 0.1) is 16.7 Å². The van der Waals surface area contributed by atoms with Gasteiger partial charge in [0, 0.05) is 21.6 Å². The Morgan fingerprint density at radius 2 is 1.87 bits per heavy atom. The molecule has 1 saturated heterocycles. The van der Waals surface area contributed by atoms with Crippen molar-refractivity contribution in [1.82, 2.24) is 0 Å². The lowest BCUT2D eigenvalue weighted by molar-refractivity contribution is -0.150. The van der Waals surface area contributed by atoms with Gasteiger partial charge < -0.3 is 14.4 Å². The molecule has 0 spiro atoms. The Kier molecular flexibility index (Phi) is 5.36. The Morgan fingerprint density at radius 1 is 1.16 bits per heavy atom. The first-order chi connectivity index (χ1) is 14.9. The van der Waals surface area contributed by atoms with E-state index in [0.717, 1.165) is 21.3 Å². The Bertz CT molecular complexity index is 1120. The summed E-state index contributed by atoms with van der Waals surface area (Å²) in [7, 11) is 2.86. The molecule has 0 bridgehead atoms. The van der Waals surface area contributed by atoms with Crippen molar-refractivity contribution in [1.29, 1.82) is 5.26 Å². The molecule has 2 heterocycles. The van der Waals surface area contributed by atoms with E-state index in [1.165, 1.54) is 14.0 Å². The topological polar surface area (TPSA) is 79.6 Å². The van der Waals surface area contributed by atoms with Gasteiger partial charge in [-0.2, -0.15) is 5.26 Å². The average Bonchev–Trinajstić information content (AvgIpc) is 3.10. The van der Waals surface area contributed by atoms with Crippen LogP contribution < -0.4 is 9.64 Å². The molecule has 6 nitrogen and oxygen atoms in total. The van der Waals surface area contributed by atoms with Crippen molar-refractivity contribution in [2.45, 2.75) is 24.9 Å². The number of carbonyl (C=O) groups excluding carboxylic acids is 2. The number of fused-ring (bicyclic) bond motifs is 3. The molecule has 2 aliphatic heterocycles. The van der Waals surface area contributed by atoms with Gasteiger partial charge in [0.15, 0.2) is 11.2 Å². The summed E-state index contributed by atoms with van der Waals surface area (Å²) in [5.41, 5.74) is 0.771. The van der Waals surface area contributed by atoms with E-state index in [9.17, 15) is 14.9 Å². The Balaban J connectivity index is 2.00. The number of carbonyl (C=O) groups is 2. The van der Waals surface area contributed by atoms with Crippen LogP contribution in [-0.4, -0.2) is 38.1 Å². The highest BCUT2D eigenvalue weighted by Gasteiger charge is 2.66. The highest BCUT2D eigenvalue weighted by Crippen LogP contribution is 2.56. The van der Waals surface area contributed by atoms with Crippen molar-refractivity contribution >= 4 is 39.4 Å². The maximum atomic E-state index is 13.2. The molecule has 0 amide bonds. The summed E-state index contributed by atoms with van der Waals surface area (Å²) in [6.45, 7) is 1.50. The Morgan fingerprint density at radius 3 is 2.45 bits per heavy atom. The molecule has 158 valence electrons. The van der Waals surface area contributed by atoms with Gasteiger partial charge in [0.25, 0.3) is 0 Å². The zero-order chi connectivity index (χ0) is 22.3. The molecule has 0 radical (unpaired) electrons. The van der Waals surface area contributed by atoms with Gasteiger partial charge in [-0.05, 0) is 42.8 Å². The maximum absolute atomic E-state index is 13.2. The monoisotopic (exact) mass is 480 g/mol. The van der Waals surface area contributed by atoms with Gasteiger partial charge in [-0.15, -0.1) is 0 Å². The standard InChI is InChI=1S/C24H21BrN2O4/c1-14(28)22-21(15-4-7-17(25)8-5-15)24(13-26,23(29)31-3)20-11-6-16-12-18(30-2)9-10-19(16)27(20)22/h4-12,20-22H,1-3H3. The molecule has 4 unspecified atom stereocenters. The maximum Gasteiger partial charge on any atom is 0.329 e. The minimum Gasteiger partial charge on any atom is -0.497 e. The minimum atomic E-state index is -1.59. The number of anilines is 1. The number of Topliss-reactive ketones (excluding diaryl/α,β-unsaturated/α-hetero) is 1. The van der Waals surface area contributed by atoms with Crippen molar-refractivity contribution in [3.63, 3.8) is 0 Å². The number of methoxy groups -OCH3 is 2. The molecule has 2 aromatic rings. The molecule has 4 rings (SSSR count). The summed E-state index contributed by atoms with van der Waals surface area (Å²) in [6.07, 6.45) is 3.69. The van der Waals surface area contributed by atoms with Gasteiger partial charge in [-0.1, -0.05) is 40.2 Å². The molecular formula is C24H21BrN2O4. The predicted octanol–water partition coefficient (Wildman–Crippen LogP) is 4.10. The summed E-state index contributed by atoms with van der Waals surface area (Å²) in [5.74, 6) is -0.804. The molecule has 31 heavy (non-hydrogen) atoms. The second-order valence-corrected chi connectivity index (χ2v) is 8.61. The summed E-state index contributed by atoms with van der Waals surface area (Å²) in [5, 5.41) is 10.4. The summed E-state index contributed by atoms with van der Waals surface area (Å²) < 4.78 is 11.3. The van der Waals surface area contributed by atoms with Crippen molar-refractivity contribution in [3.05, 3.63) is 64.1 Å². The SMILES string of the molecule is COC(=O)C1(C#N)C(c2ccc(Br)cc2)C(C(C)=O)N2c3ccc(OC)cc3C=CC21. The van der Waals surface area contributed by atoms with Crippen molar-refractivity contribution in [3.8, 4) is 11.8 Å². The molecule has 0 aromatic heterocycles. The summed E-state index contributed by atoms with van der Waals surface area (Å²) >= 11 is 3.43. The number of nitriles is 1. The number of hydrogen-bond donors (Lipinski definition) is 0. The van der Waals surface area contributed by atoms with Crippen LogP contribution in [0.25, 0.3) is 6.08 Å². The molecule has 4 atom stereocenters.